The van der Waals surface area contributed by atoms with Crippen molar-refractivity contribution in [2.45, 2.75) is 4.90 Å². The molecule has 1 fully saturated rings. The zero-order valence-electron chi connectivity index (χ0n) is 17.3. The van der Waals surface area contributed by atoms with Gasteiger partial charge in [0.05, 0.1) is 17.7 Å². The number of benzene rings is 3. The van der Waals surface area contributed by atoms with Gasteiger partial charge in [0.25, 0.3) is 5.91 Å². The van der Waals surface area contributed by atoms with E-state index in [1.807, 2.05) is 47.4 Å². The molecule has 0 atom stereocenters. The van der Waals surface area contributed by atoms with Crippen molar-refractivity contribution in [3.8, 4) is 0 Å². The lowest BCUT2D eigenvalue weighted by Crippen LogP contribution is -2.50. The molecule has 1 N–H and O–H groups in total. The molecule has 3 aromatic rings. The van der Waals surface area contributed by atoms with Gasteiger partial charge in [-0.2, -0.15) is 9.41 Å². The normalized spacial score (nSPS) is 15.9. The molecule has 1 heterocycles. The summed E-state index contributed by atoms with van der Waals surface area (Å²) in [5.41, 5.74) is 3.49. The average Bonchev–Trinajstić information content (AvgIpc) is 2.80. The molecule has 1 amide bonds. The van der Waals surface area contributed by atoms with Crippen LogP contribution in [0.15, 0.2) is 81.2 Å². The minimum absolute atomic E-state index is 0.166. The molecule has 0 unspecified atom stereocenters. The third-order valence-electron chi connectivity index (χ3n) is 5.37. The lowest BCUT2D eigenvalue weighted by atomic mass is 10.1. The molecule has 32 heavy (non-hydrogen) atoms. The number of hydrogen-bond acceptors (Lipinski definition) is 5. The van der Waals surface area contributed by atoms with E-state index in [4.69, 9.17) is 0 Å². The van der Waals surface area contributed by atoms with Gasteiger partial charge in [-0.25, -0.2) is 13.8 Å². The molecule has 0 aromatic heterocycles. The number of nitrogens with zero attached hydrogens (tertiary/aromatic N) is 3. The molecule has 3 aromatic carbocycles. The van der Waals surface area contributed by atoms with Crippen molar-refractivity contribution in [2.75, 3.05) is 32.7 Å². The van der Waals surface area contributed by atoms with Crippen LogP contribution in [0.2, 0.25) is 0 Å². The lowest BCUT2D eigenvalue weighted by molar-refractivity contribution is -0.122. The Balaban J connectivity index is 1.29. The van der Waals surface area contributed by atoms with Crippen molar-refractivity contribution < 1.29 is 13.2 Å². The zero-order valence-corrected chi connectivity index (χ0v) is 19.7. The van der Waals surface area contributed by atoms with Crippen molar-refractivity contribution in [3.63, 3.8) is 0 Å². The number of carbonyl (C=O) groups excluding carboxylic acids is 1. The quantitative estimate of drug-likeness (QED) is 0.404. The van der Waals surface area contributed by atoms with E-state index in [1.54, 1.807) is 30.5 Å². The molecule has 0 spiro atoms. The van der Waals surface area contributed by atoms with Crippen LogP contribution in [0.25, 0.3) is 10.8 Å². The highest BCUT2D eigenvalue weighted by molar-refractivity contribution is 9.10. The van der Waals surface area contributed by atoms with Crippen LogP contribution in [0, 0.1) is 0 Å². The van der Waals surface area contributed by atoms with Gasteiger partial charge in [0.1, 0.15) is 0 Å². The fraction of sp³-hybridized carbons (Fsp3) is 0.217. The smallest absolute Gasteiger partial charge is 0.254 e. The van der Waals surface area contributed by atoms with E-state index in [-0.39, 0.29) is 17.3 Å². The molecule has 166 valence electrons. The van der Waals surface area contributed by atoms with E-state index in [9.17, 15) is 13.2 Å². The van der Waals surface area contributed by atoms with Gasteiger partial charge < -0.3 is 0 Å². The highest BCUT2D eigenvalue weighted by Gasteiger charge is 2.28. The van der Waals surface area contributed by atoms with E-state index in [1.165, 1.54) is 4.31 Å². The number of rotatable bonds is 6. The van der Waals surface area contributed by atoms with Crippen LogP contribution in [0.4, 0.5) is 0 Å². The summed E-state index contributed by atoms with van der Waals surface area (Å²) in [5, 5.41) is 6.27. The summed E-state index contributed by atoms with van der Waals surface area (Å²) in [6.07, 6.45) is 1.64. The Labute approximate surface area is 195 Å². The molecule has 0 bridgehead atoms. The van der Waals surface area contributed by atoms with E-state index >= 15 is 0 Å². The SMILES string of the molecule is O=C(CN1CCN(S(=O)(=O)c2ccc(Br)cc2)CC1)NN=Cc1cccc2ccccc12. The second-order valence-electron chi connectivity index (χ2n) is 7.50. The van der Waals surface area contributed by atoms with Gasteiger partial charge in [-0.1, -0.05) is 58.4 Å². The number of carbonyl (C=O) groups is 1. The first-order valence-corrected chi connectivity index (χ1v) is 12.4. The van der Waals surface area contributed by atoms with Crippen LogP contribution in [-0.2, 0) is 14.8 Å². The predicted octanol–water partition coefficient (Wildman–Crippen LogP) is 3.06. The van der Waals surface area contributed by atoms with Crippen LogP contribution in [-0.4, -0.2) is 62.5 Å². The Morgan fingerprint density at radius 1 is 0.969 bits per heavy atom. The number of hydrogen-bond donors (Lipinski definition) is 1. The number of nitrogens with one attached hydrogen (secondary N) is 1. The van der Waals surface area contributed by atoms with Crippen LogP contribution < -0.4 is 5.43 Å². The summed E-state index contributed by atoms with van der Waals surface area (Å²) in [5.74, 6) is -0.231. The van der Waals surface area contributed by atoms with Gasteiger partial charge in [0, 0.05) is 36.2 Å². The molecule has 4 rings (SSSR count). The topological polar surface area (TPSA) is 82.1 Å². The third kappa shape index (κ3) is 5.24. The Bertz CT molecular complexity index is 1230. The molecule has 0 aliphatic carbocycles. The Morgan fingerprint density at radius 3 is 2.41 bits per heavy atom. The Hall–Kier alpha value is -2.59. The molecular weight excluding hydrogens is 492 g/mol. The summed E-state index contributed by atoms with van der Waals surface area (Å²) in [6, 6.07) is 20.5. The van der Waals surface area contributed by atoms with Crippen molar-refractivity contribution >= 4 is 48.8 Å². The standard InChI is InChI=1S/C23H23BrN4O3S/c24-20-8-10-21(11-9-20)32(30,31)28-14-12-27(13-15-28)17-23(29)26-25-16-19-6-3-5-18-4-1-2-7-22(18)19/h1-11,16H,12-15,17H2,(H,26,29). The number of amides is 1. The second kappa shape index (κ2) is 9.91. The summed E-state index contributed by atoms with van der Waals surface area (Å²) in [6.45, 7) is 1.81. The maximum Gasteiger partial charge on any atom is 0.254 e. The van der Waals surface area contributed by atoms with E-state index in [0.717, 1.165) is 20.8 Å². The lowest BCUT2D eigenvalue weighted by Gasteiger charge is -2.33. The van der Waals surface area contributed by atoms with E-state index in [2.05, 4.69) is 26.5 Å². The van der Waals surface area contributed by atoms with E-state index < -0.39 is 10.0 Å². The number of fused-ring (bicyclic) bond motifs is 1. The minimum atomic E-state index is -3.53. The molecule has 0 saturated carbocycles. The Kier molecular flexibility index (Phi) is 7.00. The molecule has 7 nitrogen and oxygen atoms in total. The summed E-state index contributed by atoms with van der Waals surface area (Å²) in [4.78, 5) is 14.5. The number of piperazine rings is 1. The van der Waals surface area contributed by atoms with Gasteiger partial charge in [-0.15, -0.1) is 0 Å². The monoisotopic (exact) mass is 514 g/mol. The van der Waals surface area contributed by atoms with Crippen molar-refractivity contribution in [3.05, 3.63) is 76.8 Å². The van der Waals surface area contributed by atoms with Gasteiger partial charge in [-0.05, 0) is 35.0 Å². The number of halogens is 1. The van der Waals surface area contributed by atoms with Gasteiger partial charge in [-0.3, -0.25) is 9.69 Å². The first kappa shape index (κ1) is 22.6. The average molecular weight is 515 g/mol. The van der Waals surface area contributed by atoms with Crippen LogP contribution in [0.3, 0.4) is 0 Å². The number of sulfonamides is 1. The molecule has 9 heteroatoms. The summed E-state index contributed by atoms with van der Waals surface area (Å²) in [7, 11) is -3.53. The molecule has 1 aliphatic rings. The van der Waals surface area contributed by atoms with Crippen LogP contribution in [0.1, 0.15) is 5.56 Å². The summed E-state index contributed by atoms with van der Waals surface area (Å²) < 4.78 is 27.9. The van der Waals surface area contributed by atoms with Crippen molar-refractivity contribution in [1.82, 2.24) is 14.6 Å². The molecular formula is C23H23BrN4O3S. The second-order valence-corrected chi connectivity index (χ2v) is 10.3. The highest BCUT2D eigenvalue weighted by Crippen LogP contribution is 2.20. The summed E-state index contributed by atoms with van der Waals surface area (Å²) >= 11 is 3.32. The molecule has 0 radical (unpaired) electrons. The first-order chi connectivity index (χ1) is 15.4. The maximum atomic E-state index is 12.8. The Morgan fingerprint density at radius 2 is 1.66 bits per heavy atom. The fourth-order valence-electron chi connectivity index (χ4n) is 3.66. The third-order valence-corrected chi connectivity index (χ3v) is 7.81. The van der Waals surface area contributed by atoms with Gasteiger partial charge in [0.2, 0.25) is 10.0 Å². The maximum absolute atomic E-state index is 12.8. The van der Waals surface area contributed by atoms with Crippen molar-refractivity contribution in [2.24, 2.45) is 5.10 Å². The van der Waals surface area contributed by atoms with E-state index in [0.29, 0.717) is 26.2 Å². The van der Waals surface area contributed by atoms with Crippen LogP contribution >= 0.6 is 15.9 Å². The largest absolute Gasteiger partial charge is 0.292 e. The predicted molar refractivity (Wildman–Crippen MR) is 129 cm³/mol. The molecule has 1 aliphatic heterocycles. The minimum Gasteiger partial charge on any atom is -0.292 e. The van der Waals surface area contributed by atoms with Crippen molar-refractivity contribution in [1.29, 1.82) is 0 Å². The zero-order chi connectivity index (χ0) is 22.6. The first-order valence-electron chi connectivity index (χ1n) is 10.2. The highest BCUT2D eigenvalue weighted by atomic mass is 79.9. The van der Waals surface area contributed by atoms with Crippen LogP contribution in [0.5, 0.6) is 0 Å². The van der Waals surface area contributed by atoms with Gasteiger partial charge in [0.15, 0.2) is 0 Å². The molecule has 1 saturated heterocycles. The fourth-order valence-corrected chi connectivity index (χ4v) is 5.35. The number of hydrazone groups is 1. The van der Waals surface area contributed by atoms with Gasteiger partial charge >= 0.3 is 0 Å².